The summed E-state index contributed by atoms with van der Waals surface area (Å²) in [6, 6.07) is 1.82. The van der Waals surface area contributed by atoms with Crippen molar-refractivity contribution in [2.24, 2.45) is 23.2 Å². The first-order valence-electron chi connectivity index (χ1n) is 10.8. The van der Waals surface area contributed by atoms with Gasteiger partial charge in [-0.2, -0.15) is 13.2 Å². The van der Waals surface area contributed by atoms with Gasteiger partial charge in [-0.05, 0) is 44.1 Å². The Morgan fingerprint density at radius 3 is 2.68 bits per heavy atom. The van der Waals surface area contributed by atoms with Gasteiger partial charge in [-0.1, -0.05) is 0 Å². The van der Waals surface area contributed by atoms with E-state index in [1.54, 1.807) is 13.2 Å². The first-order valence-corrected chi connectivity index (χ1v) is 10.8. The molecule has 5 rings (SSSR count). The minimum atomic E-state index is -4.59. The number of alkyl halides is 3. The maximum atomic E-state index is 13.2. The van der Waals surface area contributed by atoms with Crippen LogP contribution >= 0.6 is 0 Å². The SMILES string of the molecule is COC1CN(C2C3CC4C2C34C(=CC(=N)c2cnc(N)c(C(F)(F)F)c2)[NH2+]C(C)C)C1. The van der Waals surface area contributed by atoms with E-state index in [4.69, 9.17) is 15.9 Å². The number of quaternary nitrogens is 1. The molecule has 5 atom stereocenters. The van der Waals surface area contributed by atoms with Gasteiger partial charge in [0.25, 0.3) is 0 Å². The molecule has 0 bridgehead atoms. The average Bonchev–Trinajstić information content (AvgIpc) is 2.88. The van der Waals surface area contributed by atoms with Gasteiger partial charge in [0.15, 0.2) is 0 Å². The monoisotopic (exact) mass is 436 g/mol. The van der Waals surface area contributed by atoms with Crippen LogP contribution in [-0.2, 0) is 10.9 Å². The summed E-state index contributed by atoms with van der Waals surface area (Å²) in [5.41, 5.74) is 5.85. The van der Waals surface area contributed by atoms with E-state index in [0.717, 1.165) is 24.9 Å². The number of allylic oxidation sites excluding steroid dienone is 2. The van der Waals surface area contributed by atoms with E-state index >= 15 is 0 Å². The van der Waals surface area contributed by atoms with E-state index in [9.17, 15) is 13.2 Å². The maximum Gasteiger partial charge on any atom is 0.419 e. The molecular weight excluding hydrogens is 407 g/mol. The lowest BCUT2D eigenvalue weighted by Gasteiger charge is -2.55. The van der Waals surface area contributed by atoms with Gasteiger partial charge in [0.2, 0.25) is 0 Å². The Morgan fingerprint density at radius 1 is 1.39 bits per heavy atom. The average molecular weight is 437 g/mol. The smallest absolute Gasteiger partial charge is 0.383 e. The molecule has 0 radical (unpaired) electrons. The van der Waals surface area contributed by atoms with Gasteiger partial charge in [0, 0.05) is 44.1 Å². The Morgan fingerprint density at radius 2 is 2.10 bits per heavy atom. The minimum Gasteiger partial charge on any atom is -0.383 e. The fourth-order valence-electron chi connectivity index (χ4n) is 6.49. The van der Waals surface area contributed by atoms with Crippen molar-refractivity contribution in [3.05, 3.63) is 35.2 Å². The van der Waals surface area contributed by atoms with Gasteiger partial charge < -0.3 is 15.8 Å². The van der Waals surface area contributed by atoms with E-state index in [0.29, 0.717) is 35.9 Å². The van der Waals surface area contributed by atoms with Crippen molar-refractivity contribution in [2.45, 2.75) is 44.6 Å². The van der Waals surface area contributed by atoms with E-state index in [1.807, 2.05) is 0 Å². The lowest BCUT2D eigenvalue weighted by Crippen LogP contribution is -2.89. The largest absolute Gasteiger partial charge is 0.419 e. The predicted molar refractivity (Wildman–Crippen MR) is 109 cm³/mol. The number of likely N-dealkylation sites (tertiary alicyclic amines) is 1. The standard InChI is InChI=1S/C22H28F3N5O/c1-10(2)29-17(6-16(26)11-4-15(22(23,24)25)20(27)28-7-11)21-13-5-14(21)19(18(13)21)30-8-12(9-30)31-3/h4,6-7,10,12-14,18-19,26,29H,5,8-9H2,1-3H3,(H2,27,28)/p+1. The molecule has 0 aromatic carbocycles. The van der Waals surface area contributed by atoms with Crippen LogP contribution in [0.1, 0.15) is 31.4 Å². The Balaban J connectivity index is 1.39. The summed E-state index contributed by atoms with van der Waals surface area (Å²) in [6.07, 6.45) is -0.0198. The number of ether oxygens (including phenoxy) is 1. The molecule has 1 aromatic heterocycles. The number of nitrogen functional groups attached to an aromatic ring is 1. The molecule has 5 unspecified atom stereocenters. The second kappa shape index (κ2) is 6.76. The Hall–Kier alpha value is -1.97. The van der Waals surface area contributed by atoms with Gasteiger partial charge in [-0.15, -0.1) is 0 Å². The van der Waals surface area contributed by atoms with Crippen LogP contribution in [-0.4, -0.2) is 54.0 Å². The number of hydrogen-bond donors (Lipinski definition) is 3. The van der Waals surface area contributed by atoms with Crippen LogP contribution in [0.3, 0.4) is 0 Å². The summed E-state index contributed by atoms with van der Waals surface area (Å²) >= 11 is 0. The van der Waals surface area contributed by atoms with Crippen LogP contribution in [0.5, 0.6) is 0 Å². The van der Waals surface area contributed by atoms with E-state index in [2.05, 4.69) is 29.0 Å². The minimum absolute atomic E-state index is 0.0520. The van der Waals surface area contributed by atoms with Gasteiger partial charge in [-0.3, -0.25) is 10.3 Å². The van der Waals surface area contributed by atoms with Crippen LogP contribution in [0.4, 0.5) is 19.0 Å². The molecule has 9 heteroatoms. The Kier molecular flexibility index (Phi) is 4.56. The number of aromatic nitrogens is 1. The molecule has 1 aromatic rings. The van der Waals surface area contributed by atoms with Crippen molar-refractivity contribution in [1.29, 1.82) is 5.41 Å². The van der Waals surface area contributed by atoms with Crippen molar-refractivity contribution >= 4 is 11.5 Å². The third-order valence-corrected chi connectivity index (χ3v) is 7.87. The highest BCUT2D eigenvalue weighted by Crippen LogP contribution is 2.89. The number of nitrogens with two attached hydrogens (primary N) is 2. The quantitative estimate of drug-likeness (QED) is 0.569. The fraction of sp³-hybridized carbons (Fsp3) is 0.636. The number of methoxy groups -OCH3 is 1. The number of nitrogens with zero attached hydrogens (tertiary/aromatic N) is 2. The van der Waals surface area contributed by atoms with E-state index in [1.165, 1.54) is 12.6 Å². The summed E-state index contributed by atoms with van der Waals surface area (Å²) in [4.78, 5) is 6.21. The number of hydrogen-bond acceptors (Lipinski definition) is 5. The van der Waals surface area contributed by atoms with Crippen molar-refractivity contribution in [1.82, 2.24) is 9.88 Å². The number of pyridine rings is 1. The molecule has 1 aliphatic heterocycles. The molecule has 2 heterocycles. The van der Waals surface area contributed by atoms with Crippen molar-refractivity contribution in [2.75, 3.05) is 25.9 Å². The normalized spacial score (nSPS) is 34.6. The summed E-state index contributed by atoms with van der Waals surface area (Å²) in [7, 11) is 1.75. The van der Waals surface area contributed by atoms with Gasteiger partial charge in [-0.25, -0.2) is 4.98 Å². The molecule has 4 fully saturated rings. The van der Waals surface area contributed by atoms with Gasteiger partial charge in [0.05, 0.1) is 28.8 Å². The molecule has 5 N–H and O–H groups in total. The van der Waals surface area contributed by atoms with Crippen molar-refractivity contribution < 1.29 is 23.2 Å². The number of rotatable bonds is 7. The zero-order valence-corrected chi connectivity index (χ0v) is 17.9. The number of fused-ring (bicyclic) bond motifs is 1. The second-order valence-corrected chi connectivity index (χ2v) is 9.79. The number of halogens is 3. The predicted octanol–water partition coefficient (Wildman–Crippen LogP) is 1.87. The molecule has 4 aliphatic rings. The highest BCUT2D eigenvalue weighted by molar-refractivity contribution is 6.07. The number of anilines is 1. The van der Waals surface area contributed by atoms with Crippen LogP contribution < -0.4 is 11.1 Å². The molecular formula is C22H29F3N5O+. The summed E-state index contributed by atoms with van der Waals surface area (Å²) < 4.78 is 45.1. The lowest BCUT2D eigenvalue weighted by atomic mass is 9.59. The highest BCUT2D eigenvalue weighted by Gasteiger charge is 2.91. The summed E-state index contributed by atoms with van der Waals surface area (Å²) in [6.45, 7) is 6.16. The Bertz CT molecular complexity index is 947. The second-order valence-electron chi connectivity index (χ2n) is 9.79. The molecule has 3 saturated carbocycles. The van der Waals surface area contributed by atoms with Crippen molar-refractivity contribution in [3.8, 4) is 0 Å². The first kappa shape index (κ1) is 20.9. The molecule has 31 heavy (non-hydrogen) atoms. The van der Waals surface area contributed by atoms with Crippen LogP contribution in [0, 0.1) is 28.6 Å². The third kappa shape index (κ3) is 2.89. The zero-order chi connectivity index (χ0) is 22.3. The van der Waals surface area contributed by atoms with Crippen LogP contribution in [0.2, 0.25) is 0 Å². The molecule has 6 nitrogen and oxygen atoms in total. The first-order chi connectivity index (χ1) is 14.6. The third-order valence-electron chi connectivity index (χ3n) is 7.87. The van der Waals surface area contributed by atoms with Crippen molar-refractivity contribution in [3.63, 3.8) is 0 Å². The summed E-state index contributed by atoms with van der Waals surface area (Å²) in [5.74, 6) is 1.24. The lowest BCUT2D eigenvalue weighted by molar-refractivity contribution is -0.648. The van der Waals surface area contributed by atoms with Crippen LogP contribution in [0.15, 0.2) is 24.0 Å². The van der Waals surface area contributed by atoms with Crippen LogP contribution in [0.25, 0.3) is 0 Å². The topological polar surface area (TPSA) is 91.8 Å². The van der Waals surface area contributed by atoms with Gasteiger partial charge >= 0.3 is 6.18 Å². The zero-order valence-electron chi connectivity index (χ0n) is 17.9. The molecule has 168 valence electrons. The molecule has 1 saturated heterocycles. The molecule has 0 amide bonds. The van der Waals surface area contributed by atoms with E-state index < -0.39 is 17.6 Å². The Labute approximate surface area is 179 Å². The maximum absolute atomic E-state index is 13.2. The van der Waals surface area contributed by atoms with E-state index in [-0.39, 0.29) is 16.7 Å². The molecule has 3 aliphatic carbocycles. The summed E-state index contributed by atoms with van der Waals surface area (Å²) in [5, 5.41) is 10.7. The fourth-order valence-corrected chi connectivity index (χ4v) is 6.49. The van der Waals surface area contributed by atoms with Gasteiger partial charge in [0.1, 0.15) is 11.5 Å². The molecule has 0 spiro atoms. The highest BCUT2D eigenvalue weighted by atomic mass is 19.4. The number of nitrogens with one attached hydrogen (secondary N) is 1.